The quantitative estimate of drug-likeness (QED) is 0.782. The van der Waals surface area contributed by atoms with Gasteiger partial charge in [-0.25, -0.2) is 0 Å². The van der Waals surface area contributed by atoms with Crippen LogP contribution in [0, 0.1) is 22.7 Å². The molecule has 2 aliphatic carbocycles. The molecule has 2 saturated carbocycles. The lowest BCUT2D eigenvalue weighted by Gasteiger charge is -2.52. The Kier molecular flexibility index (Phi) is 3.81. The van der Waals surface area contributed by atoms with E-state index in [4.69, 9.17) is 4.74 Å². The molecule has 2 heteroatoms. The van der Waals surface area contributed by atoms with Gasteiger partial charge in [0.2, 0.25) is 0 Å². The maximum absolute atomic E-state index is 6.01. The van der Waals surface area contributed by atoms with E-state index in [1.54, 1.807) is 0 Å². The molecule has 3 unspecified atom stereocenters. The van der Waals surface area contributed by atoms with Gasteiger partial charge in [-0.2, -0.15) is 0 Å². The third-order valence-corrected chi connectivity index (χ3v) is 5.14. The topological polar surface area (TPSA) is 21.3 Å². The van der Waals surface area contributed by atoms with E-state index in [9.17, 15) is 0 Å². The molecule has 2 aliphatic rings. The molecule has 2 nitrogen and oxygen atoms in total. The van der Waals surface area contributed by atoms with Gasteiger partial charge in [-0.15, -0.1) is 0 Å². The zero-order chi connectivity index (χ0) is 13.6. The van der Waals surface area contributed by atoms with Crippen LogP contribution in [0.1, 0.15) is 54.4 Å². The van der Waals surface area contributed by atoms with Gasteiger partial charge >= 0.3 is 0 Å². The molecule has 3 atom stereocenters. The highest BCUT2D eigenvalue weighted by Crippen LogP contribution is 2.51. The van der Waals surface area contributed by atoms with Crippen molar-refractivity contribution in [3.8, 4) is 0 Å². The third-order valence-electron chi connectivity index (χ3n) is 5.14. The number of nitrogens with one attached hydrogen (secondary N) is 1. The molecule has 1 N–H and O–H groups in total. The normalized spacial score (nSPS) is 36.5. The lowest BCUT2D eigenvalue weighted by molar-refractivity contribution is -0.123. The second kappa shape index (κ2) is 4.79. The Bertz CT molecular complexity index is 295. The maximum atomic E-state index is 6.01. The first kappa shape index (κ1) is 14.3. The SMILES string of the molecule is CC(C)COC1CC(NCC2CC2(C)C)C1(C)C. The Labute approximate surface area is 113 Å². The van der Waals surface area contributed by atoms with Crippen LogP contribution in [0.5, 0.6) is 0 Å². The second-order valence-corrected chi connectivity index (χ2v) is 8.12. The third kappa shape index (κ3) is 2.91. The van der Waals surface area contributed by atoms with Crippen molar-refractivity contribution in [3.63, 3.8) is 0 Å². The molecule has 0 aromatic heterocycles. The summed E-state index contributed by atoms with van der Waals surface area (Å²) in [4.78, 5) is 0. The zero-order valence-electron chi connectivity index (χ0n) is 13.0. The Morgan fingerprint density at radius 1 is 1.22 bits per heavy atom. The summed E-state index contributed by atoms with van der Waals surface area (Å²) in [5.74, 6) is 1.53. The minimum absolute atomic E-state index is 0.300. The van der Waals surface area contributed by atoms with Crippen LogP contribution in [-0.2, 0) is 4.74 Å². The molecule has 106 valence electrons. The Morgan fingerprint density at radius 3 is 2.28 bits per heavy atom. The average molecular weight is 253 g/mol. The standard InChI is InChI=1S/C16H31NO/c1-11(2)10-18-14-7-13(16(14,5)6)17-9-12-8-15(12,3)4/h11-14,17H,7-10H2,1-6H3. The smallest absolute Gasteiger partial charge is 0.0656 e. The van der Waals surface area contributed by atoms with Crippen molar-refractivity contribution in [2.24, 2.45) is 22.7 Å². The van der Waals surface area contributed by atoms with Gasteiger partial charge in [-0.3, -0.25) is 0 Å². The van der Waals surface area contributed by atoms with Crippen LogP contribution in [0.15, 0.2) is 0 Å². The molecule has 0 radical (unpaired) electrons. The van der Waals surface area contributed by atoms with Crippen molar-refractivity contribution in [2.75, 3.05) is 13.2 Å². The summed E-state index contributed by atoms with van der Waals surface area (Å²) in [6.07, 6.45) is 3.03. The van der Waals surface area contributed by atoms with E-state index in [0.717, 1.165) is 12.5 Å². The van der Waals surface area contributed by atoms with E-state index in [1.807, 2.05) is 0 Å². The molecule has 2 rings (SSSR count). The first-order valence-electron chi connectivity index (χ1n) is 7.58. The number of rotatable bonds is 6. The summed E-state index contributed by atoms with van der Waals surface area (Å²) >= 11 is 0. The fraction of sp³-hybridized carbons (Fsp3) is 1.00. The molecule has 0 aliphatic heterocycles. The summed E-state index contributed by atoms with van der Waals surface area (Å²) in [5.41, 5.74) is 0.891. The Morgan fingerprint density at radius 2 is 1.83 bits per heavy atom. The van der Waals surface area contributed by atoms with Gasteiger partial charge in [0.05, 0.1) is 6.10 Å². The largest absolute Gasteiger partial charge is 0.377 e. The fourth-order valence-corrected chi connectivity index (χ4v) is 3.03. The van der Waals surface area contributed by atoms with Crippen molar-refractivity contribution in [3.05, 3.63) is 0 Å². The first-order valence-corrected chi connectivity index (χ1v) is 7.58. The molecule has 0 spiro atoms. The molecule has 0 heterocycles. The summed E-state index contributed by atoms with van der Waals surface area (Å²) < 4.78 is 6.01. The van der Waals surface area contributed by atoms with Gasteiger partial charge in [0.25, 0.3) is 0 Å². The van der Waals surface area contributed by atoms with Crippen LogP contribution in [-0.4, -0.2) is 25.3 Å². The number of hydrogen-bond acceptors (Lipinski definition) is 2. The zero-order valence-corrected chi connectivity index (χ0v) is 13.0. The predicted octanol–water partition coefficient (Wildman–Crippen LogP) is 3.46. The summed E-state index contributed by atoms with van der Waals surface area (Å²) in [7, 11) is 0. The molecule has 0 amide bonds. The highest BCUT2D eigenvalue weighted by molar-refractivity contribution is 5.04. The first-order chi connectivity index (χ1) is 8.23. The van der Waals surface area contributed by atoms with Crippen LogP contribution >= 0.6 is 0 Å². The van der Waals surface area contributed by atoms with E-state index in [-0.39, 0.29) is 0 Å². The van der Waals surface area contributed by atoms with Crippen molar-refractivity contribution in [1.82, 2.24) is 5.32 Å². The van der Waals surface area contributed by atoms with Crippen LogP contribution in [0.3, 0.4) is 0 Å². The predicted molar refractivity (Wildman–Crippen MR) is 76.7 cm³/mol. The average Bonchev–Trinajstić information content (AvgIpc) is 2.83. The monoisotopic (exact) mass is 253 g/mol. The Hall–Kier alpha value is -0.0800. The van der Waals surface area contributed by atoms with E-state index in [2.05, 4.69) is 46.9 Å². The van der Waals surface area contributed by atoms with Gasteiger partial charge in [0, 0.05) is 18.1 Å². The molecular weight excluding hydrogens is 222 g/mol. The maximum Gasteiger partial charge on any atom is 0.0656 e. The molecule has 0 bridgehead atoms. The van der Waals surface area contributed by atoms with Crippen molar-refractivity contribution in [1.29, 1.82) is 0 Å². The van der Waals surface area contributed by atoms with Gasteiger partial charge < -0.3 is 10.1 Å². The lowest BCUT2D eigenvalue weighted by atomic mass is 9.64. The fourth-order valence-electron chi connectivity index (χ4n) is 3.03. The van der Waals surface area contributed by atoms with E-state index < -0.39 is 0 Å². The number of ether oxygens (including phenoxy) is 1. The van der Waals surface area contributed by atoms with Crippen LogP contribution in [0.2, 0.25) is 0 Å². The Balaban J connectivity index is 1.70. The molecule has 0 aromatic carbocycles. The highest BCUT2D eigenvalue weighted by Gasteiger charge is 2.51. The van der Waals surface area contributed by atoms with Crippen molar-refractivity contribution in [2.45, 2.75) is 66.5 Å². The van der Waals surface area contributed by atoms with Gasteiger partial charge in [-0.1, -0.05) is 41.5 Å². The van der Waals surface area contributed by atoms with Crippen molar-refractivity contribution >= 4 is 0 Å². The summed E-state index contributed by atoms with van der Waals surface area (Å²) in [6, 6.07) is 0.645. The molecule has 18 heavy (non-hydrogen) atoms. The van der Waals surface area contributed by atoms with Gasteiger partial charge in [0.15, 0.2) is 0 Å². The second-order valence-electron chi connectivity index (χ2n) is 8.12. The lowest BCUT2D eigenvalue weighted by Crippen LogP contribution is -2.61. The summed E-state index contributed by atoms with van der Waals surface area (Å²) in [6.45, 7) is 16.0. The minimum Gasteiger partial charge on any atom is -0.377 e. The number of hydrogen-bond donors (Lipinski definition) is 1. The van der Waals surface area contributed by atoms with Gasteiger partial charge in [-0.05, 0) is 36.6 Å². The van der Waals surface area contributed by atoms with E-state index in [0.29, 0.717) is 28.9 Å². The molecule has 0 aromatic rings. The van der Waals surface area contributed by atoms with Crippen molar-refractivity contribution < 1.29 is 4.74 Å². The highest BCUT2D eigenvalue weighted by atomic mass is 16.5. The van der Waals surface area contributed by atoms with Crippen LogP contribution in [0.4, 0.5) is 0 Å². The van der Waals surface area contributed by atoms with Crippen LogP contribution in [0.25, 0.3) is 0 Å². The van der Waals surface area contributed by atoms with Crippen LogP contribution < -0.4 is 5.32 Å². The molecule has 2 fully saturated rings. The molecular formula is C16H31NO. The van der Waals surface area contributed by atoms with E-state index in [1.165, 1.54) is 19.4 Å². The van der Waals surface area contributed by atoms with E-state index >= 15 is 0 Å². The minimum atomic E-state index is 0.300. The molecule has 0 saturated heterocycles. The van der Waals surface area contributed by atoms with Gasteiger partial charge in [0.1, 0.15) is 0 Å². The summed E-state index contributed by atoms with van der Waals surface area (Å²) in [5, 5.41) is 3.76.